The lowest BCUT2D eigenvalue weighted by Gasteiger charge is -2.10. The molecule has 0 saturated carbocycles. The quantitative estimate of drug-likeness (QED) is 0.315. The lowest BCUT2D eigenvalue weighted by atomic mass is 10.1. The number of anilines is 1. The van der Waals surface area contributed by atoms with Gasteiger partial charge in [-0.3, -0.25) is 4.79 Å². The van der Waals surface area contributed by atoms with Crippen LogP contribution in [0.15, 0.2) is 35.6 Å². The number of rotatable bonds is 12. The van der Waals surface area contributed by atoms with Crippen molar-refractivity contribution in [2.45, 2.75) is 57.0 Å². The van der Waals surface area contributed by atoms with Crippen molar-refractivity contribution in [3.8, 4) is 5.75 Å². The van der Waals surface area contributed by atoms with Crippen molar-refractivity contribution in [2.24, 2.45) is 0 Å². The van der Waals surface area contributed by atoms with Gasteiger partial charge in [0, 0.05) is 24.8 Å². The number of methoxy groups -OCH3 is 1. The molecular weight excluding hydrogens is 424 g/mol. The lowest BCUT2D eigenvalue weighted by Crippen LogP contribution is -2.27. The predicted octanol–water partition coefficient (Wildman–Crippen LogP) is 3.91. The van der Waals surface area contributed by atoms with Crippen molar-refractivity contribution in [3.05, 3.63) is 36.0 Å². The van der Waals surface area contributed by atoms with E-state index < -0.39 is 0 Å². The van der Waals surface area contributed by atoms with Crippen molar-refractivity contribution < 1.29 is 9.53 Å². The van der Waals surface area contributed by atoms with Crippen molar-refractivity contribution in [1.29, 1.82) is 0 Å². The van der Waals surface area contributed by atoms with Crippen molar-refractivity contribution >= 4 is 34.5 Å². The van der Waals surface area contributed by atoms with Gasteiger partial charge in [0.25, 0.3) is 0 Å². The van der Waals surface area contributed by atoms with Gasteiger partial charge in [0.05, 0.1) is 25.2 Å². The molecule has 0 spiro atoms. The molecule has 0 saturated heterocycles. The summed E-state index contributed by atoms with van der Waals surface area (Å²) in [6.45, 7) is 8.25. The Kier molecular flexibility index (Phi) is 8.72. The molecule has 0 bridgehead atoms. The van der Waals surface area contributed by atoms with Crippen LogP contribution in [0, 0.1) is 0 Å². The fourth-order valence-corrected chi connectivity index (χ4v) is 3.89. The Morgan fingerprint density at radius 1 is 1.19 bits per heavy atom. The molecule has 0 atom stereocenters. The van der Waals surface area contributed by atoms with E-state index in [1.807, 2.05) is 28.9 Å². The maximum Gasteiger partial charge on any atom is 0.220 e. The first-order valence-electron chi connectivity index (χ1n) is 11.0. The average Bonchev–Trinajstić information content (AvgIpc) is 3.19. The van der Waals surface area contributed by atoms with Gasteiger partial charge in [-0.25, -0.2) is 14.6 Å². The minimum Gasteiger partial charge on any atom is -0.497 e. The van der Waals surface area contributed by atoms with Crippen LogP contribution in [-0.2, 0) is 17.8 Å². The molecule has 3 aromatic rings. The molecule has 0 radical (unpaired) electrons. The molecule has 2 N–H and O–H groups in total. The summed E-state index contributed by atoms with van der Waals surface area (Å²) >= 11 is 1.63. The van der Waals surface area contributed by atoms with E-state index in [-0.39, 0.29) is 5.91 Å². The van der Waals surface area contributed by atoms with Crippen LogP contribution in [0.3, 0.4) is 0 Å². The molecule has 3 rings (SSSR count). The number of aryl methyl sites for hydroxylation is 1. The molecule has 0 fully saturated rings. The van der Waals surface area contributed by atoms with Gasteiger partial charge in [0.2, 0.25) is 5.91 Å². The highest BCUT2D eigenvalue weighted by atomic mass is 32.2. The molecule has 1 amide bonds. The molecule has 32 heavy (non-hydrogen) atoms. The van der Waals surface area contributed by atoms with E-state index in [4.69, 9.17) is 9.72 Å². The van der Waals surface area contributed by atoms with E-state index in [0.717, 1.165) is 46.3 Å². The standard InChI is InChI=1S/C23H32N6O2S/c1-5-12-25-21-19-15-26-29(22(19)28-23(27-21)32-16(2)3)14-13-24-20(30)11-8-17-6-9-18(31-4)10-7-17/h6-7,9-10,15-16H,5,8,11-14H2,1-4H3,(H,24,30)(H,25,27,28). The molecule has 9 heteroatoms. The minimum atomic E-state index is 0.0215. The van der Waals surface area contributed by atoms with Gasteiger partial charge >= 0.3 is 0 Å². The average molecular weight is 457 g/mol. The summed E-state index contributed by atoms with van der Waals surface area (Å²) in [5.41, 5.74) is 1.90. The second-order valence-corrected chi connectivity index (χ2v) is 9.29. The summed E-state index contributed by atoms with van der Waals surface area (Å²) in [4.78, 5) is 21.7. The summed E-state index contributed by atoms with van der Waals surface area (Å²) in [6.07, 6.45) is 3.93. The summed E-state index contributed by atoms with van der Waals surface area (Å²) in [5, 5.41) is 12.9. The number of aromatic nitrogens is 4. The Bertz CT molecular complexity index is 1020. The highest BCUT2D eigenvalue weighted by Gasteiger charge is 2.14. The van der Waals surface area contributed by atoms with Crippen LogP contribution in [0.4, 0.5) is 5.82 Å². The Labute approximate surface area is 193 Å². The van der Waals surface area contributed by atoms with E-state index in [2.05, 4.69) is 41.5 Å². The minimum absolute atomic E-state index is 0.0215. The molecule has 2 heterocycles. The zero-order valence-corrected chi connectivity index (χ0v) is 20.0. The largest absolute Gasteiger partial charge is 0.497 e. The molecular formula is C23H32N6O2S. The van der Waals surface area contributed by atoms with Crippen LogP contribution >= 0.6 is 11.8 Å². The number of hydrogen-bond acceptors (Lipinski definition) is 7. The second kappa shape index (κ2) is 11.7. The van der Waals surface area contributed by atoms with Crippen molar-refractivity contribution in [3.63, 3.8) is 0 Å². The first-order chi connectivity index (χ1) is 15.5. The highest BCUT2D eigenvalue weighted by Crippen LogP contribution is 2.26. The Morgan fingerprint density at radius 3 is 2.66 bits per heavy atom. The van der Waals surface area contributed by atoms with Gasteiger partial charge in [-0.1, -0.05) is 44.7 Å². The van der Waals surface area contributed by atoms with Crippen LogP contribution in [0.1, 0.15) is 39.2 Å². The predicted molar refractivity (Wildman–Crippen MR) is 129 cm³/mol. The van der Waals surface area contributed by atoms with Crippen LogP contribution in [0.2, 0.25) is 0 Å². The molecule has 0 aliphatic carbocycles. The molecule has 0 aliphatic rings. The normalized spacial score (nSPS) is 11.2. The van der Waals surface area contributed by atoms with Crippen molar-refractivity contribution in [2.75, 3.05) is 25.5 Å². The van der Waals surface area contributed by atoms with E-state index in [1.54, 1.807) is 25.1 Å². The molecule has 0 aliphatic heterocycles. The molecule has 172 valence electrons. The van der Waals surface area contributed by atoms with Gasteiger partial charge in [-0.2, -0.15) is 5.10 Å². The first kappa shape index (κ1) is 23.8. The highest BCUT2D eigenvalue weighted by molar-refractivity contribution is 7.99. The lowest BCUT2D eigenvalue weighted by molar-refractivity contribution is -0.121. The number of fused-ring (bicyclic) bond motifs is 1. The SMILES string of the molecule is CCCNc1nc(SC(C)C)nc2c1cnn2CCNC(=O)CCc1ccc(OC)cc1. The smallest absolute Gasteiger partial charge is 0.220 e. The fourth-order valence-electron chi connectivity index (χ4n) is 3.18. The molecule has 0 unspecified atom stereocenters. The number of thioether (sulfide) groups is 1. The van der Waals surface area contributed by atoms with Gasteiger partial charge in [-0.05, 0) is 30.5 Å². The molecule has 2 aromatic heterocycles. The maximum atomic E-state index is 12.3. The number of nitrogens with zero attached hydrogens (tertiary/aromatic N) is 4. The van der Waals surface area contributed by atoms with E-state index in [1.165, 1.54) is 0 Å². The third-order valence-electron chi connectivity index (χ3n) is 4.80. The zero-order chi connectivity index (χ0) is 22.9. The zero-order valence-electron chi connectivity index (χ0n) is 19.2. The van der Waals surface area contributed by atoms with Crippen LogP contribution in [0.25, 0.3) is 11.0 Å². The van der Waals surface area contributed by atoms with E-state index in [0.29, 0.717) is 31.2 Å². The van der Waals surface area contributed by atoms with Crippen molar-refractivity contribution in [1.82, 2.24) is 25.1 Å². The van der Waals surface area contributed by atoms with Gasteiger partial charge in [0.1, 0.15) is 11.6 Å². The van der Waals surface area contributed by atoms with Gasteiger partial charge < -0.3 is 15.4 Å². The number of nitrogens with one attached hydrogen (secondary N) is 2. The first-order valence-corrected chi connectivity index (χ1v) is 11.9. The van der Waals surface area contributed by atoms with Gasteiger partial charge in [-0.15, -0.1) is 0 Å². The number of hydrogen-bond donors (Lipinski definition) is 2. The summed E-state index contributed by atoms with van der Waals surface area (Å²) < 4.78 is 7.00. The Balaban J connectivity index is 1.59. The van der Waals surface area contributed by atoms with Gasteiger partial charge in [0.15, 0.2) is 10.8 Å². The summed E-state index contributed by atoms with van der Waals surface area (Å²) in [6, 6.07) is 7.79. The van der Waals surface area contributed by atoms with Crippen LogP contribution in [-0.4, -0.2) is 51.1 Å². The Hall–Kier alpha value is -2.81. The summed E-state index contributed by atoms with van der Waals surface area (Å²) in [7, 11) is 1.64. The third kappa shape index (κ3) is 6.59. The molecule has 1 aromatic carbocycles. The fraction of sp³-hybridized carbons (Fsp3) is 0.478. The number of carbonyl (C=O) groups excluding carboxylic acids is 1. The number of carbonyl (C=O) groups is 1. The second-order valence-electron chi connectivity index (χ2n) is 7.75. The maximum absolute atomic E-state index is 12.3. The van der Waals surface area contributed by atoms with E-state index >= 15 is 0 Å². The van der Waals surface area contributed by atoms with Crippen LogP contribution in [0.5, 0.6) is 5.75 Å². The number of amides is 1. The Morgan fingerprint density at radius 2 is 1.97 bits per heavy atom. The monoisotopic (exact) mass is 456 g/mol. The van der Waals surface area contributed by atoms with Crippen LogP contribution < -0.4 is 15.4 Å². The number of ether oxygens (including phenoxy) is 1. The molecule has 8 nitrogen and oxygen atoms in total. The third-order valence-corrected chi connectivity index (χ3v) is 5.67. The summed E-state index contributed by atoms with van der Waals surface area (Å²) in [5.74, 6) is 1.65. The number of benzene rings is 1. The van der Waals surface area contributed by atoms with E-state index in [9.17, 15) is 4.79 Å². The topological polar surface area (TPSA) is 94.0 Å².